The fourth-order valence-corrected chi connectivity index (χ4v) is 3.72. The number of benzene rings is 1. The van der Waals surface area contributed by atoms with Gasteiger partial charge in [0.25, 0.3) is 0 Å². The summed E-state index contributed by atoms with van der Waals surface area (Å²) in [6, 6.07) is 3.25. The van der Waals surface area contributed by atoms with Gasteiger partial charge in [-0.15, -0.1) is 0 Å². The zero-order valence-corrected chi connectivity index (χ0v) is 10.6. The number of phenols is 1. The lowest BCUT2D eigenvalue weighted by Gasteiger charge is -2.33. The summed E-state index contributed by atoms with van der Waals surface area (Å²) in [7, 11) is 1.48. The highest BCUT2D eigenvalue weighted by atomic mass is 16.5. The van der Waals surface area contributed by atoms with Gasteiger partial charge in [0, 0.05) is 17.0 Å². The van der Waals surface area contributed by atoms with Crippen LogP contribution >= 0.6 is 0 Å². The molecule has 98 valence electrons. The van der Waals surface area contributed by atoms with Crippen molar-refractivity contribution < 1.29 is 14.3 Å². The van der Waals surface area contributed by atoms with Crippen molar-refractivity contribution in [3.05, 3.63) is 33.7 Å². The lowest BCUT2D eigenvalue weighted by atomic mass is 9.69. The predicted molar refractivity (Wildman–Crippen MR) is 70.0 cm³/mol. The minimum Gasteiger partial charge on any atom is -0.504 e. The van der Waals surface area contributed by atoms with Gasteiger partial charge in [0.1, 0.15) is 5.58 Å². The third kappa shape index (κ3) is 1.26. The van der Waals surface area contributed by atoms with E-state index in [4.69, 9.17) is 9.15 Å². The Kier molecular flexibility index (Phi) is 2.03. The number of aromatic hydroxyl groups is 1. The molecule has 2 unspecified atom stereocenters. The molecule has 4 nitrogen and oxygen atoms in total. The Bertz CT molecular complexity index is 744. The molecule has 2 aromatic rings. The number of ether oxygens (including phenoxy) is 1. The number of methoxy groups -OCH3 is 1. The number of fused-ring (bicyclic) bond motifs is 6. The molecule has 4 heteroatoms. The normalized spacial score (nSPS) is 23.8. The van der Waals surface area contributed by atoms with Crippen LogP contribution in [0.25, 0.3) is 11.0 Å². The summed E-state index contributed by atoms with van der Waals surface area (Å²) in [4.78, 5) is 12.1. The second-order valence-corrected chi connectivity index (χ2v) is 5.38. The first-order chi connectivity index (χ1) is 9.20. The minimum absolute atomic E-state index is 0.0903. The summed E-state index contributed by atoms with van der Waals surface area (Å²) in [5.41, 5.74) is 2.20. The van der Waals surface area contributed by atoms with Crippen molar-refractivity contribution >= 4 is 11.0 Å². The molecule has 0 amide bonds. The van der Waals surface area contributed by atoms with E-state index in [1.54, 1.807) is 12.1 Å². The highest BCUT2D eigenvalue weighted by Crippen LogP contribution is 2.57. The van der Waals surface area contributed by atoms with E-state index in [0.29, 0.717) is 23.2 Å². The largest absolute Gasteiger partial charge is 0.504 e. The molecule has 2 aliphatic rings. The van der Waals surface area contributed by atoms with E-state index in [2.05, 4.69) is 0 Å². The summed E-state index contributed by atoms with van der Waals surface area (Å²) in [6.45, 7) is 0. The van der Waals surface area contributed by atoms with Crippen molar-refractivity contribution in [2.45, 2.75) is 31.1 Å². The van der Waals surface area contributed by atoms with Crippen LogP contribution in [0.4, 0.5) is 0 Å². The van der Waals surface area contributed by atoms with Crippen molar-refractivity contribution in [3.8, 4) is 11.5 Å². The van der Waals surface area contributed by atoms with E-state index in [1.807, 2.05) is 0 Å². The van der Waals surface area contributed by atoms with E-state index in [9.17, 15) is 9.90 Å². The van der Waals surface area contributed by atoms with Gasteiger partial charge in [0.15, 0.2) is 11.5 Å². The Balaban J connectivity index is 2.06. The number of phenolic OH excluding ortho intramolecular Hbond substituents is 1. The fourth-order valence-electron chi connectivity index (χ4n) is 3.72. The highest BCUT2D eigenvalue weighted by Gasteiger charge is 2.45. The quantitative estimate of drug-likeness (QED) is 0.799. The first-order valence-electron chi connectivity index (χ1n) is 6.58. The Morgan fingerprint density at radius 2 is 2.00 bits per heavy atom. The molecule has 0 aliphatic heterocycles. The molecule has 1 aromatic carbocycles. The van der Waals surface area contributed by atoms with Crippen LogP contribution in [0, 0.1) is 0 Å². The molecule has 1 heterocycles. The van der Waals surface area contributed by atoms with Crippen molar-refractivity contribution in [1.82, 2.24) is 0 Å². The van der Waals surface area contributed by atoms with Crippen LogP contribution in [0.3, 0.4) is 0 Å². The maximum absolute atomic E-state index is 12.1. The van der Waals surface area contributed by atoms with Gasteiger partial charge in [-0.05, 0) is 36.3 Å². The first kappa shape index (κ1) is 10.9. The Morgan fingerprint density at radius 1 is 1.26 bits per heavy atom. The van der Waals surface area contributed by atoms with Gasteiger partial charge in [0.05, 0.1) is 7.11 Å². The Hall–Kier alpha value is -1.97. The van der Waals surface area contributed by atoms with Crippen molar-refractivity contribution in [3.63, 3.8) is 0 Å². The topological polar surface area (TPSA) is 59.7 Å². The Labute approximate surface area is 109 Å². The third-order valence-corrected chi connectivity index (χ3v) is 4.54. The van der Waals surface area contributed by atoms with Gasteiger partial charge in [-0.1, -0.05) is 6.42 Å². The number of hydrogen-bond donors (Lipinski definition) is 1. The average molecular weight is 258 g/mol. The van der Waals surface area contributed by atoms with E-state index in [1.165, 1.54) is 7.11 Å². The van der Waals surface area contributed by atoms with E-state index in [0.717, 1.165) is 35.8 Å². The molecular weight excluding hydrogens is 244 g/mol. The molecule has 2 aliphatic carbocycles. The van der Waals surface area contributed by atoms with Gasteiger partial charge >= 0.3 is 5.63 Å². The SMILES string of the molecule is COc1cc2oc(=O)c3c(c2cc1O)C1CCCC31. The summed E-state index contributed by atoms with van der Waals surface area (Å²) in [5, 5.41) is 10.8. The standard InChI is InChI=1S/C15H14O4/c1-18-12-6-11-9(5-10(12)16)13-7-3-2-4-8(7)14(13)15(17)19-11/h5-8,16H,2-4H2,1H3. The van der Waals surface area contributed by atoms with Crippen LogP contribution in [0.1, 0.15) is 42.2 Å². The van der Waals surface area contributed by atoms with Crippen LogP contribution in [-0.2, 0) is 0 Å². The maximum atomic E-state index is 12.1. The van der Waals surface area contributed by atoms with Gasteiger partial charge in [-0.2, -0.15) is 0 Å². The lowest BCUT2D eigenvalue weighted by molar-refractivity contribution is 0.372. The van der Waals surface area contributed by atoms with Crippen LogP contribution in [-0.4, -0.2) is 12.2 Å². The molecular formula is C15H14O4. The summed E-state index contributed by atoms with van der Waals surface area (Å²) >= 11 is 0. The molecule has 4 rings (SSSR count). The van der Waals surface area contributed by atoms with E-state index < -0.39 is 0 Å². The van der Waals surface area contributed by atoms with E-state index in [-0.39, 0.29) is 11.4 Å². The Morgan fingerprint density at radius 3 is 2.74 bits per heavy atom. The van der Waals surface area contributed by atoms with Gasteiger partial charge in [-0.25, -0.2) is 4.79 Å². The van der Waals surface area contributed by atoms with Crippen LogP contribution < -0.4 is 10.4 Å². The number of rotatable bonds is 1. The smallest absolute Gasteiger partial charge is 0.340 e. The lowest BCUT2D eigenvalue weighted by Crippen LogP contribution is -2.28. The third-order valence-electron chi connectivity index (χ3n) is 4.54. The zero-order chi connectivity index (χ0) is 13.1. The molecule has 1 aromatic heterocycles. The maximum Gasteiger partial charge on any atom is 0.340 e. The molecule has 1 N–H and O–H groups in total. The second-order valence-electron chi connectivity index (χ2n) is 5.38. The predicted octanol–water partition coefficient (Wildman–Crippen LogP) is 2.87. The van der Waals surface area contributed by atoms with Crippen molar-refractivity contribution in [2.75, 3.05) is 7.11 Å². The summed E-state index contributed by atoms with van der Waals surface area (Å²) in [6.07, 6.45) is 3.37. The van der Waals surface area contributed by atoms with Crippen LogP contribution in [0.2, 0.25) is 0 Å². The molecule has 19 heavy (non-hydrogen) atoms. The summed E-state index contributed by atoms with van der Waals surface area (Å²) < 4.78 is 10.4. The van der Waals surface area contributed by atoms with Gasteiger partial charge < -0.3 is 14.3 Å². The molecule has 0 spiro atoms. The molecule has 1 saturated carbocycles. The second kappa shape index (κ2) is 3.53. The average Bonchev–Trinajstić information content (AvgIpc) is 2.76. The van der Waals surface area contributed by atoms with Crippen LogP contribution in [0.5, 0.6) is 11.5 Å². The van der Waals surface area contributed by atoms with Gasteiger partial charge in [0.2, 0.25) is 0 Å². The molecule has 0 radical (unpaired) electrons. The molecule has 0 bridgehead atoms. The van der Waals surface area contributed by atoms with Crippen LogP contribution in [0.15, 0.2) is 21.3 Å². The van der Waals surface area contributed by atoms with E-state index >= 15 is 0 Å². The molecule has 0 saturated heterocycles. The van der Waals surface area contributed by atoms with Gasteiger partial charge in [-0.3, -0.25) is 0 Å². The summed E-state index contributed by atoms with van der Waals surface area (Å²) in [5.74, 6) is 1.26. The highest BCUT2D eigenvalue weighted by molar-refractivity contribution is 5.87. The monoisotopic (exact) mass is 258 g/mol. The number of hydrogen-bond acceptors (Lipinski definition) is 4. The molecule has 1 fully saturated rings. The first-order valence-corrected chi connectivity index (χ1v) is 6.58. The fraction of sp³-hybridized carbons (Fsp3) is 0.400. The van der Waals surface area contributed by atoms with Crippen molar-refractivity contribution in [2.24, 2.45) is 0 Å². The van der Waals surface area contributed by atoms with Crippen molar-refractivity contribution in [1.29, 1.82) is 0 Å². The zero-order valence-electron chi connectivity index (χ0n) is 10.6. The molecule has 2 atom stereocenters. The minimum atomic E-state index is -0.224.